The number of hydrogen-bond donors (Lipinski definition) is 0. The van der Waals surface area contributed by atoms with Gasteiger partial charge in [-0.25, -0.2) is 0 Å². The molecule has 1 heterocycles. The number of piperidine rings is 1. The average molecular weight is 219 g/mol. The molecule has 0 spiro atoms. The molecule has 0 saturated carbocycles. The van der Waals surface area contributed by atoms with Crippen molar-refractivity contribution >= 4 is 5.69 Å². The lowest BCUT2D eigenvalue weighted by atomic mass is 10.1. The Morgan fingerprint density at radius 2 is 1.94 bits per heavy atom. The fourth-order valence-electron chi connectivity index (χ4n) is 2.42. The number of aryl methyl sites for hydroxylation is 1. The molecule has 16 heavy (non-hydrogen) atoms. The first-order valence-corrected chi connectivity index (χ1v) is 6.27. The van der Waals surface area contributed by atoms with Crippen LogP contribution >= 0.6 is 0 Å². The zero-order chi connectivity index (χ0) is 11.4. The first-order chi connectivity index (χ1) is 7.85. The fourth-order valence-corrected chi connectivity index (χ4v) is 2.42. The van der Waals surface area contributed by atoms with Crippen molar-refractivity contribution in [3.05, 3.63) is 23.8 Å². The van der Waals surface area contributed by atoms with E-state index in [0.29, 0.717) is 0 Å². The highest BCUT2D eigenvalue weighted by Crippen LogP contribution is 2.28. The van der Waals surface area contributed by atoms with Gasteiger partial charge in [0.2, 0.25) is 0 Å². The quantitative estimate of drug-likeness (QED) is 0.773. The van der Waals surface area contributed by atoms with Gasteiger partial charge in [-0.1, -0.05) is 6.92 Å². The maximum Gasteiger partial charge on any atom is 0.119 e. The summed E-state index contributed by atoms with van der Waals surface area (Å²) in [6.07, 6.45) is 5.11. The van der Waals surface area contributed by atoms with Crippen LogP contribution in [0, 0.1) is 0 Å². The van der Waals surface area contributed by atoms with Gasteiger partial charge in [0.05, 0.1) is 7.11 Å². The Balaban J connectivity index is 2.24. The minimum Gasteiger partial charge on any atom is -0.497 e. The molecule has 1 saturated heterocycles. The van der Waals surface area contributed by atoms with E-state index < -0.39 is 0 Å². The summed E-state index contributed by atoms with van der Waals surface area (Å²) in [6, 6.07) is 6.45. The molecule has 0 amide bonds. The third kappa shape index (κ3) is 2.31. The first kappa shape index (κ1) is 11.3. The van der Waals surface area contributed by atoms with Gasteiger partial charge in [-0.3, -0.25) is 0 Å². The van der Waals surface area contributed by atoms with E-state index >= 15 is 0 Å². The Bertz CT molecular complexity index is 343. The van der Waals surface area contributed by atoms with E-state index in [1.54, 1.807) is 7.11 Å². The van der Waals surface area contributed by atoms with E-state index in [9.17, 15) is 0 Å². The molecule has 1 fully saturated rings. The Morgan fingerprint density at radius 3 is 2.56 bits per heavy atom. The predicted molar refractivity (Wildman–Crippen MR) is 68.4 cm³/mol. The van der Waals surface area contributed by atoms with Crippen molar-refractivity contribution in [2.24, 2.45) is 0 Å². The number of rotatable bonds is 3. The smallest absolute Gasteiger partial charge is 0.119 e. The molecule has 1 aromatic carbocycles. The lowest BCUT2D eigenvalue weighted by molar-refractivity contribution is 0.414. The maximum atomic E-state index is 5.28. The van der Waals surface area contributed by atoms with E-state index in [1.807, 2.05) is 0 Å². The molecule has 2 nitrogen and oxygen atoms in total. The van der Waals surface area contributed by atoms with Crippen molar-refractivity contribution < 1.29 is 4.74 Å². The molecule has 0 bridgehead atoms. The molecule has 2 heteroatoms. The molecular formula is C14H21NO. The second-order valence-corrected chi connectivity index (χ2v) is 4.40. The molecule has 88 valence electrons. The van der Waals surface area contributed by atoms with Gasteiger partial charge in [-0.15, -0.1) is 0 Å². The number of anilines is 1. The molecule has 2 rings (SSSR count). The predicted octanol–water partition coefficient (Wildman–Crippen LogP) is 3.25. The highest BCUT2D eigenvalue weighted by Gasteiger charge is 2.14. The summed E-state index contributed by atoms with van der Waals surface area (Å²) in [7, 11) is 1.73. The van der Waals surface area contributed by atoms with Crippen LogP contribution in [0.1, 0.15) is 31.7 Å². The molecule has 0 unspecified atom stereocenters. The van der Waals surface area contributed by atoms with Gasteiger partial charge >= 0.3 is 0 Å². The van der Waals surface area contributed by atoms with Crippen LogP contribution in [0.15, 0.2) is 18.2 Å². The van der Waals surface area contributed by atoms with Crippen molar-refractivity contribution in [1.82, 2.24) is 0 Å². The van der Waals surface area contributed by atoms with Crippen LogP contribution in [-0.4, -0.2) is 20.2 Å². The molecule has 0 N–H and O–H groups in total. The van der Waals surface area contributed by atoms with Crippen molar-refractivity contribution in [2.45, 2.75) is 32.6 Å². The molecule has 1 aliphatic rings. The molecular weight excluding hydrogens is 198 g/mol. The first-order valence-electron chi connectivity index (χ1n) is 6.27. The second-order valence-electron chi connectivity index (χ2n) is 4.40. The Hall–Kier alpha value is -1.18. The zero-order valence-corrected chi connectivity index (χ0v) is 10.3. The Morgan fingerprint density at radius 1 is 1.19 bits per heavy atom. The Labute approximate surface area is 98.2 Å². The lowest BCUT2D eigenvalue weighted by Gasteiger charge is -2.30. The number of hydrogen-bond acceptors (Lipinski definition) is 2. The molecule has 1 aliphatic heterocycles. The minimum absolute atomic E-state index is 0.970. The van der Waals surface area contributed by atoms with Crippen LogP contribution < -0.4 is 9.64 Å². The number of benzene rings is 1. The summed E-state index contributed by atoms with van der Waals surface area (Å²) >= 11 is 0. The average Bonchev–Trinajstić information content (AvgIpc) is 2.39. The number of methoxy groups -OCH3 is 1. The topological polar surface area (TPSA) is 12.5 Å². The zero-order valence-electron chi connectivity index (χ0n) is 10.3. The van der Waals surface area contributed by atoms with Crippen LogP contribution in [0.25, 0.3) is 0 Å². The summed E-state index contributed by atoms with van der Waals surface area (Å²) < 4.78 is 5.28. The number of nitrogens with zero attached hydrogens (tertiary/aromatic N) is 1. The normalized spacial score (nSPS) is 16.2. The molecule has 0 aromatic heterocycles. The van der Waals surface area contributed by atoms with Gasteiger partial charge < -0.3 is 9.64 Å². The molecule has 0 aliphatic carbocycles. The lowest BCUT2D eigenvalue weighted by Crippen LogP contribution is -2.30. The van der Waals surface area contributed by atoms with Gasteiger partial charge in [-0.2, -0.15) is 0 Å². The summed E-state index contributed by atoms with van der Waals surface area (Å²) in [5.41, 5.74) is 2.81. The van der Waals surface area contributed by atoms with Gasteiger partial charge in [0.15, 0.2) is 0 Å². The van der Waals surface area contributed by atoms with E-state index in [-0.39, 0.29) is 0 Å². The van der Waals surface area contributed by atoms with Crippen molar-refractivity contribution in [2.75, 3.05) is 25.1 Å². The van der Waals surface area contributed by atoms with Crippen LogP contribution in [0.3, 0.4) is 0 Å². The van der Waals surface area contributed by atoms with Crippen LogP contribution in [0.5, 0.6) is 5.75 Å². The van der Waals surface area contributed by atoms with Crippen molar-refractivity contribution in [3.8, 4) is 5.75 Å². The van der Waals surface area contributed by atoms with Gasteiger partial charge in [0.1, 0.15) is 5.75 Å². The second kappa shape index (κ2) is 5.24. The molecule has 1 aromatic rings. The SMILES string of the molecule is CCc1cc(OC)ccc1N1CCCCC1. The minimum atomic E-state index is 0.970. The molecule has 0 atom stereocenters. The summed E-state index contributed by atoms with van der Waals surface area (Å²) in [4.78, 5) is 2.52. The fraction of sp³-hybridized carbons (Fsp3) is 0.571. The maximum absolute atomic E-state index is 5.28. The van der Waals surface area contributed by atoms with E-state index in [2.05, 4.69) is 30.0 Å². The van der Waals surface area contributed by atoms with Crippen molar-refractivity contribution in [1.29, 1.82) is 0 Å². The highest BCUT2D eigenvalue weighted by molar-refractivity contribution is 5.56. The van der Waals surface area contributed by atoms with Gasteiger partial charge in [0.25, 0.3) is 0 Å². The number of ether oxygens (including phenoxy) is 1. The highest BCUT2D eigenvalue weighted by atomic mass is 16.5. The van der Waals surface area contributed by atoms with E-state index in [1.165, 1.54) is 43.6 Å². The van der Waals surface area contributed by atoms with Crippen LogP contribution in [-0.2, 0) is 6.42 Å². The van der Waals surface area contributed by atoms with E-state index in [4.69, 9.17) is 4.74 Å². The summed E-state index contributed by atoms with van der Waals surface area (Å²) in [5, 5.41) is 0. The standard InChI is InChI=1S/C14H21NO/c1-3-12-11-13(16-2)7-8-14(12)15-9-5-4-6-10-15/h7-8,11H,3-6,9-10H2,1-2H3. The van der Waals surface area contributed by atoms with Crippen molar-refractivity contribution in [3.63, 3.8) is 0 Å². The largest absolute Gasteiger partial charge is 0.497 e. The van der Waals surface area contributed by atoms with Gasteiger partial charge in [0, 0.05) is 18.8 Å². The molecule has 0 radical (unpaired) electrons. The Kier molecular flexibility index (Phi) is 3.70. The third-order valence-corrected chi connectivity index (χ3v) is 3.36. The summed E-state index contributed by atoms with van der Waals surface area (Å²) in [5.74, 6) is 0.970. The van der Waals surface area contributed by atoms with Crippen LogP contribution in [0.2, 0.25) is 0 Å². The van der Waals surface area contributed by atoms with E-state index in [0.717, 1.165) is 12.2 Å². The summed E-state index contributed by atoms with van der Waals surface area (Å²) in [6.45, 7) is 4.63. The van der Waals surface area contributed by atoms with Gasteiger partial charge in [-0.05, 0) is 49.4 Å². The van der Waals surface area contributed by atoms with Crippen LogP contribution in [0.4, 0.5) is 5.69 Å². The third-order valence-electron chi connectivity index (χ3n) is 3.36. The monoisotopic (exact) mass is 219 g/mol.